The third kappa shape index (κ3) is 8.17. The van der Waals surface area contributed by atoms with Crippen LogP contribution in [0.25, 0.3) is 0 Å². The van der Waals surface area contributed by atoms with Gasteiger partial charge in [0.25, 0.3) is 0 Å². The van der Waals surface area contributed by atoms with E-state index in [1.54, 1.807) is 13.8 Å². The molecule has 0 spiro atoms. The summed E-state index contributed by atoms with van der Waals surface area (Å²) in [7, 11) is 0. The van der Waals surface area contributed by atoms with Crippen LogP contribution in [0, 0.1) is 0 Å². The molecule has 2 aliphatic rings. The van der Waals surface area contributed by atoms with Gasteiger partial charge in [0, 0.05) is 0 Å². The second-order valence-electron chi connectivity index (χ2n) is 8.64. The van der Waals surface area contributed by atoms with Gasteiger partial charge in [-0.15, -0.1) is 0 Å². The Kier molecular flexibility index (Phi) is 10.3. The van der Waals surface area contributed by atoms with Gasteiger partial charge in [0.05, 0.1) is 13.2 Å². The molecule has 0 aromatic rings. The molecular weight excluding hydrogens is 372 g/mol. The largest absolute Gasteiger partial charge is 0.499 e. The Hall–Kier alpha value is -1.27. The van der Waals surface area contributed by atoms with E-state index in [2.05, 4.69) is 6.92 Å². The van der Waals surface area contributed by atoms with Crippen LogP contribution in [0.15, 0.2) is 11.5 Å². The molecule has 0 radical (unpaired) electrons. The van der Waals surface area contributed by atoms with Crippen LogP contribution in [0.5, 0.6) is 0 Å². The van der Waals surface area contributed by atoms with Crippen molar-refractivity contribution in [3.63, 3.8) is 0 Å². The molecule has 1 saturated heterocycles. The predicted octanol–water partition coefficient (Wildman–Crippen LogP) is 5.55. The minimum absolute atomic E-state index is 0.185. The van der Waals surface area contributed by atoms with Crippen molar-refractivity contribution in [2.45, 2.75) is 116 Å². The van der Waals surface area contributed by atoms with E-state index in [4.69, 9.17) is 18.9 Å². The Balaban J connectivity index is 1.54. The zero-order valence-corrected chi connectivity index (χ0v) is 18.5. The van der Waals surface area contributed by atoms with E-state index in [0.717, 1.165) is 12.8 Å². The number of cyclic esters (lactones) is 1. The quantitative estimate of drug-likeness (QED) is 0.281. The van der Waals surface area contributed by atoms with E-state index < -0.39 is 29.7 Å². The topological polar surface area (TPSA) is 74.2 Å². The summed E-state index contributed by atoms with van der Waals surface area (Å²) >= 11 is 0. The Labute approximate surface area is 175 Å². The second kappa shape index (κ2) is 12.4. The van der Waals surface area contributed by atoms with Crippen LogP contribution < -0.4 is 0 Å². The van der Waals surface area contributed by atoms with Crippen LogP contribution in [-0.2, 0) is 23.7 Å². The van der Waals surface area contributed by atoms with E-state index in [1.165, 1.54) is 64.2 Å². The van der Waals surface area contributed by atoms with Crippen LogP contribution in [0.3, 0.4) is 0 Å². The van der Waals surface area contributed by atoms with E-state index >= 15 is 0 Å². The van der Waals surface area contributed by atoms with Gasteiger partial charge in [-0.05, 0) is 20.3 Å². The highest BCUT2D eigenvalue weighted by Crippen LogP contribution is 2.33. The molecule has 29 heavy (non-hydrogen) atoms. The number of hydrogen-bond donors (Lipinski definition) is 1. The number of esters is 1. The molecule has 0 aromatic carbocycles. The second-order valence-corrected chi connectivity index (χ2v) is 8.64. The fraction of sp³-hybridized carbons (Fsp3) is 0.870. The summed E-state index contributed by atoms with van der Waals surface area (Å²) < 4.78 is 22.2. The lowest BCUT2D eigenvalue weighted by molar-refractivity contribution is -0.163. The van der Waals surface area contributed by atoms with Crippen molar-refractivity contribution >= 4 is 5.97 Å². The minimum atomic E-state index is -0.756. The normalized spacial score (nSPS) is 23.6. The van der Waals surface area contributed by atoms with Crippen molar-refractivity contribution < 1.29 is 28.8 Å². The van der Waals surface area contributed by atoms with Gasteiger partial charge in [-0.25, -0.2) is 4.79 Å². The molecule has 0 aromatic heterocycles. The number of unbranched alkanes of at least 4 members (excludes halogenated alkanes) is 11. The zero-order chi connectivity index (χ0) is 21.1. The van der Waals surface area contributed by atoms with Gasteiger partial charge in [0.2, 0.25) is 5.76 Å². The number of ether oxygens (including phenoxy) is 4. The molecule has 6 nitrogen and oxygen atoms in total. The molecule has 6 heteroatoms. The summed E-state index contributed by atoms with van der Waals surface area (Å²) in [5, 5.41) is 9.99. The van der Waals surface area contributed by atoms with Gasteiger partial charge in [-0.1, -0.05) is 77.6 Å². The van der Waals surface area contributed by atoms with Crippen LogP contribution in [0.1, 0.15) is 97.8 Å². The number of carbonyl (C=O) groups excluding carboxylic acids is 1. The van der Waals surface area contributed by atoms with Crippen LogP contribution >= 0.6 is 0 Å². The van der Waals surface area contributed by atoms with Crippen molar-refractivity contribution in [1.29, 1.82) is 0 Å². The zero-order valence-electron chi connectivity index (χ0n) is 18.5. The van der Waals surface area contributed by atoms with E-state index in [0.29, 0.717) is 13.2 Å². The third-order valence-electron chi connectivity index (χ3n) is 5.54. The molecule has 2 aliphatic heterocycles. The first-order valence-corrected chi connectivity index (χ1v) is 11.5. The first-order chi connectivity index (χ1) is 13.9. The molecule has 2 atom stereocenters. The van der Waals surface area contributed by atoms with Gasteiger partial charge in [0.1, 0.15) is 6.10 Å². The maximum atomic E-state index is 11.7. The Morgan fingerprint density at radius 2 is 1.52 bits per heavy atom. The highest BCUT2D eigenvalue weighted by atomic mass is 16.8. The fourth-order valence-electron chi connectivity index (χ4n) is 3.84. The maximum absolute atomic E-state index is 11.7. The molecule has 1 N–H and O–H groups in total. The lowest BCUT2D eigenvalue weighted by Crippen LogP contribution is -2.33. The molecule has 0 amide bonds. The minimum Gasteiger partial charge on any atom is -0.499 e. The molecule has 168 valence electrons. The van der Waals surface area contributed by atoms with Crippen molar-refractivity contribution in [1.82, 2.24) is 0 Å². The van der Waals surface area contributed by atoms with Crippen molar-refractivity contribution in [2.75, 3.05) is 13.2 Å². The molecule has 0 bridgehead atoms. The van der Waals surface area contributed by atoms with Crippen molar-refractivity contribution in [3.8, 4) is 0 Å². The average molecular weight is 413 g/mol. The van der Waals surface area contributed by atoms with Crippen LogP contribution in [0.2, 0.25) is 0 Å². The number of aliphatic hydroxyl groups is 1. The lowest BCUT2D eigenvalue weighted by atomic mass is 10.1. The molecule has 2 heterocycles. The summed E-state index contributed by atoms with van der Waals surface area (Å²) in [6, 6.07) is 0. The predicted molar refractivity (Wildman–Crippen MR) is 111 cm³/mol. The van der Waals surface area contributed by atoms with Crippen molar-refractivity contribution in [3.05, 3.63) is 11.5 Å². The monoisotopic (exact) mass is 412 g/mol. The summed E-state index contributed by atoms with van der Waals surface area (Å²) in [5.74, 6) is -1.74. The Morgan fingerprint density at radius 1 is 0.966 bits per heavy atom. The SMILES string of the molecule is CCCCCCCCCCCCCCOC1=C(O)C(=O)O[C@@H]1[C@@H]1COC(C)(C)O1. The van der Waals surface area contributed by atoms with Gasteiger partial charge in [-0.2, -0.15) is 0 Å². The number of rotatable bonds is 15. The summed E-state index contributed by atoms with van der Waals surface area (Å²) in [6.07, 6.45) is 14.1. The van der Waals surface area contributed by atoms with Gasteiger partial charge < -0.3 is 24.1 Å². The highest BCUT2D eigenvalue weighted by molar-refractivity contribution is 5.89. The smallest absolute Gasteiger partial charge is 0.378 e. The van der Waals surface area contributed by atoms with Crippen LogP contribution in [0.4, 0.5) is 0 Å². The van der Waals surface area contributed by atoms with E-state index in [1.807, 2.05) is 0 Å². The van der Waals surface area contributed by atoms with Crippen LogP contribution in [-0.4, -0.2) is 42.3 Å². The lowest BCUT2D eigenvalue weighted by Gasteiger charge is -2.21. The first-order valence-electron chi connectivity index (χ1n) is 11.5. The fourth-order valence-corrected chi connectivity index (χ4v) is 3.84. The number of hydrogen-bond acceptors (Lipinski definition) is 6. The standard InChI is InChI=1S/C23H40O6/c1-4-5-6-7-8-9-10-11-12-13-14-15-16-26-21-19(24)22(25)28-20(21)18-17-27-23(2,3)29-18/h18,20,24H,4-17H2,1-3H3/t18-,20+/m0/s1. The molecule has 2 rings (SSSR count). The maximum Gasteiger partial charge on any atom is 0.378 e. The van der Waals surface area contributed by atoms with Gasteiger partial charge >= 0.3 is 5.97 Å². The average Bonchev–Trinajstić information content (AvgIpc) is 3.18. The number of carbonyl (C=O) groups is 1. The van der Waals surface area contributed by atoms with E-state index in [9.17, 15) is 9.90 Å². The molecule has 0 unspecified atom stereocenters. The number of aliphatic hydroxyl groups excluding tert-OH is 1. The molecule has 1 fully saturated rings. The molecule has 0 aliphatic carbocycles. The third-order valence-corrected chi connectivity index (χ3v) is 5.54. The van der Waals surface area contributed by atoms with Gasteiger partial charge in [-0.3, -0.25) is 0 Å². The van der Waals surface area contributed by atoms with Crippen molar-refractivity contribution in [2.24, 2.45) is 0 Å². The summed E-state index contributed by atoms with van der Waals surface area (Å²) in [6.45, 7) is 6.62. The highest BCUT2D eigenvalue weighted by Gasteiger charge is 2.47. The van der Waals surface area contributed by atoms with Gasteiger partial charge in [0.15, 0.2) is 17.7 Å². The Bertz CT molecular complexity index is 527. The summed E-state index contributed by atoms with van der Waals surface area (Å²) in [4.78, 5) is 11.7. The summed E-state index contributed by atoms with van der Waals surface area (Å²) in [5.41, 5.74) is 0. The molecular formula is C23H40O6. The molecule has 0 saturated carbocycles. The van der Waals surface area contributed by atoms with E-state index in [-0.39, 0.29) is 5.76 Å². The Morgan fingerprint density at radius 3 is 2.03 bits per heavy atom. The first kappa shape index (κ1) is 24.0.